The maximum atomic E-state index is 13.0. The number of halogens is 1. The second kappa shape index (κ2) is 9.14. The van der Waals surface area contributed by atoms with Crippen LogP contribution >= 0.6 is 11.6 Å². The lowest BCUT2D eigenvalue weighted by Crippen LogP contribution is -2.22. The summed E-state index contributed by atoms with van der Waals surface area (Å²) in [4.78, 5) is 13.0. The summed E-state index contributed by atoms with van der Waals surface area (Å²) in [7, 11) is 1.61. The number of hydrogen-bond donors (Lipinski definition) is 0. The molecule has 0 spiro atoms. The minimum atomic E-state index is -0.185. The van der Waals surface area contributed by atoms with Gasteiger partial charge in [-0.3, -0.25) is 4.79 Å². The number of amides is 1. The Balaban J connectivity index is 1.88. The van der Waals surface area contributed by atoms with E-state index < -0.39 is 0 Å². The first-order valence-corrected chi connectivity index (χ1v) is 10.0. The summed E-state index contributed by atoms with van der Waals surface area (Å²) in [6.45, 7) is 6.46. The molecule has 0 saturated carbocycles. The predicted molar refractivity (Wildman–Crippen MR) is 118 cm³/mol. The van der Waals surface area contributed by atoms with Crippen LogP contribution in [0, 0.1) is 6.92 Å². The highest BCUT2D eigenvalue weighted by Gasteiger charge is 2.30. The van der Waals surface area contributed by atoms with Gasteiger partial charge in [0, 0.05) is 5.02 Å². The molecule has 2 aromatic rings. The molecule has 5 nitrogen and oxygen atoms in total. The second-order valence-corrected chi connectivity index (χ2v) is 7.26. The first-order valence-electron chi connectivity index (χ1n) is 9.64. The van der Waals surface area contributed by atoms with Crippen molar-refractivity contribution in [1.82, 2.24) is 0 Å². The number of rotatable bonds is 7. The molecule has 1 aliphatic rings. The summed E-state index contributed by atoms with van der Waals surface area (Å²) in [5.41, 5.74) is 3.52. The Bertz CT molecular complexity index is 982. The summed E-state index contributed by atoms with van der Waals surface area (Å²) in [6.07, 6.45) is 3.87. The Morgan fingerprint density at radius 3 is 2.69 bits per heavy atom. The van der Waals surface area contributed by atoms with Gasteiger partial charge in [-0.05, 0) is 61.7 Å². The number of anilines is 1. The van der Waals surface area contributed by atoms with E-state index in [4.69, 9.17) is 21.1 Å². The number of ether oxygens (including phenoxy) is 2. The van der Waals surface area contributed by atoms with Gasteiger partial charge in [-0.2, -0.15) is 10.1 Å². The smallest absolute Gasteiger partial charge is 0.280 e. The number of hydrazone groups is 1. The van der Waals surface area contributed by atoms with Crippen molar-refractivity contribution >= 4 is 35.0 Å². The van der Waals surface area contributed by atoms with Crippen LogP contribution in [-0.4, -0.2) is 25.3 Å². The Morgan fingerprint density at radius 2 is 1.97 bits per heavy atom. The molecule has 1 aliphatic heterocycles. The van der Waals surface area contributed by atoms with Gasteiger partial charge in [0.25, 0.3) is 5.91 Å². The molecule has 0 fully saturated rings. The van der Waals surface area contributed by atoms with E-state index in [-0.39, 0.29) is 5.91 Å². The Labute approximate surface area is 176 Å². The zero-order valence-corrected chi connectivity index (χ0v) is 17.9. The standard InChI is InChI=1S/C23H25ClN2O3/c1-5-6-12-29-21-11-10-17(14-22(21)28-4)13-18-16(3)25-26(23(18)27)20-9-7-8-19(24)15(20)2/h7-11,13-14H,5-6,12H2,1-4H3/b18-13-. The Morgan fingerprint density at radius 1 is 1.17 bits per heavy atom. The summed E-state index contributed by atoms with van der Waals surface area (Å²) >= 11 is 6.21. The molecule has 3 rings (SSSR count). The van der Waals surface area contributed by atoms with Crippen molar-refractivity contribution in [2.45, 2.75) is 33.6 Å². The van der Waals surface area contributed by atoms with Crippen molar-refractivity contribution in [3.63, 3.8) is 0 Å². The van der Waals surface area contributed by atoms with Crippen LogP contribution in [0.25, 0.3) is 6.08 Å². The molecule has 0 bridgehead atoms. The average molecular weight is 413 g/mol. The highest BCUT2D eigenvalue weighted by Crippen LogP contribution is 2.33. The minimum Gasteiger partial charge on any atom is -0.493 e. The monoisotopic (exact) mass is 412 g/mol. The zero-order valence-electron chi connectivity index (χ0n) is 17.2. The maximum Gasteiger partial charge on any atom is 0.280 e. The number of benzene rings is 2. The van der Waals surface area contributed by atoms with Crippen molar-refractivity contribution < 1.29 is 14.3 Å². The van der Waals surface area contributed by atoms with Crippen molar-refractivity contribution in [1.29, 1.82) is 0 Å². The Hall–Kier alpha value is -2.79. The normalized spacial score (nSPS) is 15.1. The number of carbonyl (C=O) groups is 1. The van der Waals surface area contributed by atoms with Crippen LogP contribution in [0.2, 0.25) is 5.02 Å². The van der Waals surface area contributed by atoms with E-state index in [0.717, 1.165) is 24.0 Å². The van der Waals surface area contributed by atoms with Crippen LogP contribution in [0.3, 0.4) is 0 Å². The summed E-state index contributed by atoms with van der Waals surface area (Å²) in [5.74, 6) is 1.15. The molecular formula is C23H25ClN2O3. The molecule has 6 heteroatoms. The topological polar surface area (TPSA) is 51.1 Å². The van der Waals surface area contributed by atoms with Crippen molar-refractivity contribution in [3.8, 4) is 11.5 Å². The van der Waals surface area contributed by atoms with Crippen molar-refractivity contribution in [3.05, 3.63) is 58.1 Å². The van der Waals surface area contributed by atoms with Crippen LogP contribution in [0.15, 0.2) is 47.1 Å². The van der Waals surface area contributed by atoms with Gasteiger partial charge in [0.1, 0.15) is 0 Å². The fourth-order valence-electron chi connectivity index (χ4n) is 3.06. The van der Waals surface area contributed by atoms with Gasteiger partial charge < -0.3 is 9.47 Å². The summed E-state index contributed by atoms with van der Waals surface area (Å²) < 4.78 is 11.2. The first kappa shape index (κ1) is 20.9. The average Bonchev–Trinajstić information content (AvgIpc) is 2.99. The van der Waals surface area contributed by atoms with E-state index in [1.54, 1.807) is 13.2 Å². The van der Waals surface area contributed by atoms with Crippen LogP contribution in [-0.2, 0) is 4.79 Å². The number of methoxy groups -OCH3 is 1. The fourth-order valence-corrected chi connectivity index (χ4v) is 3.23. The molecule has 0 aliphatic carbocycles. The van der Waals surface area contributed by atoms with Crippen molar-refractivity contribution in [2.24, 2.45) is 5.10 Å². The maximum absolute atomic E-state index is 13.0. The van der Waals surface area contributed by atoms with Gasteiger partial charge in [-0.1, -0.05) is 37.1 Å². The van der Waals surface area contributed by atoms with Crippen molar-refractivity contribution in [2.75, 3.05) is 18.7 Å². The van der Waals surface area contributed by atoms with E-state index in [2.05, 4.69) is 12.0 Å². The molecule has 0 unspecified atom stereocenters. The molecule has 0 atom stereocenters. The quantitative estimate of drug-likeness (QED) is 0.436. The SMILES string of the molecule is CCCCOc1ccc(/C=C2\C(=O)N(c3cccc(Cl)c3C)N=C2C)cc1OC. The van der Waals surface area contributed by atoms with Gasteiger partial charge in [0.05, 0.1) is 30.7 Å². The minimum absolute atomic E-state index is 0.185. The third kappa shape index (κ3) is 4.46. The molecular weight excluding hydrogens is 388 g/mol. The predicted octanol–water partition coefficient (Wildman–Crippen LogP) is 5.64. The lowest BCUT2D eigenvalue weighted by molar-refractivity contribution is -0.114. The number of hydrogen-bond acceptors (Lipinski definition) is 4. The molecule has 2 aromatic carbocycles. The van der Waals surface area contributed by atoms with Gasteiger partial charge in [0.2, 0.25) is 0 Å². The first-order chi connectivity index (χ1) is 14.0. The molecule has 1 heterocycles. The zero-order chi connectivity index (χ0) is 21.0. The van der Waals surface area contributed by atoms with Gasteiger partial charge in [0.15, 0.2) is 11.5 Å². The van der Waals surface area contributed by atoms with E-state index in [0.29, 0.717) is 40.1 Å². The number of nitrogens with zero attached hydrogens (tertiary/aromatic N) is 2. The summed E-state index contributed by atoms with van der Waals surface area (Å²) in [6, 6.07) is 11.1. The largest absolute Gasteiger partial charge is 0.493 e. The summed E-state index contributed by atoms with van der Waals surface area (Å²) in [5, 5.41) is 6.45. The van der Waals surface area contributed by atoms with E-state index in [9.17, 15) is 4.79 Å². The van der Waals surface area contributed by atoms with Gasteiger partial charge >= 0.3 is 0 Å². The lowest BCUT2D eigenvalue weighted by Gasteiger charge is -2.15. The van der Waals surface area contributed by atoms with E-state index in [1.165, 1.54) is 5.01 Å². The van der Waals surface area contributed by atoms with E-state index >= 15 is 0 Å². The lowest BCUT2D eigenvalue weighted by atomic mass is 10.1. The molecule has 1 amide bonds. The Kier molecular flexibility index (Phi) is 6.60. The molecule has 0 N–H and O–H groups in total. The molecule has 0 saturated heterocycles. The van der Waals surface area contributed by atoms with Crippen LogP contribution in [0.4, 0.5) is 5.69 Å². The third-order valence-electron chi connectivity index (χ3n) is 4.78. The van der Waals surface area contributed by atoms with Crippen LogP contribution in [0.5, 0.6) is 11.5 Å². The molecule has 29 heavy (non-hydrogen) atoms. The van der Waals surface area contributed by atoms with Crippen LogP contribution in [0.1, 0.15) is 37.8 Å². The fraction of sp³-hybridized carbons (Fsp3) is 0.304. The highest BCUT2D eigenvalue weighted by atomic mass is 35.5. The highest BCUT2D eigenvalue weighted by molar-refractivity contribution is 6.34. The van der Waals surface area contributed by atoms with E-state index in [1.807, 2.05) is 50.3 Å². The molecule has 0 radical (unpaired) electrons. The molecule has 152 valence electrons. The van der Waals surface area contributed by atoms with Crippen LogP contribution < -0.4 is 14.5 Å². The van der Waals surface area contributed by atoms with Gasteiger partial charge in [-0.25, -0.2) is 0 Å². The second-order valence-electron chi connectivity index (χ2n) is 6.86. The number of unbranched alkanes of at least 4 members (excludes halogenated alkanes) is 1. The number of carbonyl (C=O) groups excluding carboxylic acids is 1. The third-order valence-corrected chi connectivity index (χ3v) is 5.19. The molecule has 0 aromatic heterocycles. The van der Waals surface area contributed by atoms with Gasteiger partial charge in [-0.15, -0.1) is 0 Å².